The van der Waals surface area contributed by atoms with E-state index in [4.69, 9.17) is 0 Å². The Labute approximate surface area is 176 Å². The van der Waals surface area contributed by atoms with Crippen LogP contribution < -0.4 is 10.0 Å². The van der Waals surface area contributed by atoms with Crippen LogP contribution in [0.1, 0.15) is 36.8 Å². The molecular weight excluding hydrogens is 404 g/mol. The highest BCUT2D eigenvalue weighted by Crippen LogP contribution is 2.31. The smallest absolute Gasteiger partial charge is 0.307 e. The average Bonchev–Trinajstić information content (AvgIpc) is 2.70. The number of carbonyl (C=O) groups is 2. The maximum atomic E-state index is 12.7. The average molecular weight is 431 g/mol. The van der Waals surface area contributed by atoms with Crippen LogP contribution in [0.5, 0.6) is 0 Å². The summed E-state index contributed by atoms with van der Waals surface area (Å²) in [5.74, 6) is -2.55. The van der Waals surface area contributed by atoms with Gasteiger partial charge in [-0.15, -0.1) is 0 Å². The van der Waals surface area contributed by atoms with E-state index in [1.807, 2.05) is 26.0 Å². The zero-order chi connectivity index (χ0) is 21.9. The van der Waals surface area contributed by atoms with Crippen LogP contribution in [0, 0.1) is 25.7 Å². The normalized spacial score (nSPS) is 19.1. The third-order valence-electron chi connectivity index (χ3n) is 5.48. The fourth-order valence-corrected chi connectivity index (χ4v) is 4.96. The number of carboxylic acid groups (broad SMARTS) is 1. The van der Waals surface area contributed by atoms with E-state index in [2.05, 4.69) is 10.0 Å². The molecule has 0 heterocycles. The maximum absolute atomic E-state index is 12.7. The molecule has 1 unspecified atom stereocenters. The topological polar surface area (TPSA) is 113 Å². The summed E-state index contributed by atoms with van der Waals surface area (Å²) in [5.41, 5.74) is 2.80. The molecule has 2 atom stereocenters. The Kier molecular flexibility index (Phi) is 6.45. The van der Waals surface area contributed by atoms with E-state index < -0.39 is 27.8 Å². The molecule has 1 aliphatic rings. The van der Waals surface area contributed by atoms with Gasteiger partial charge in [0.25, 0.3) is 10.0 Å². The maximum Gasteiger partial charge on any atom is 0.307 e. The molecule has 30 heavy (non-hydrogen) atoms. The third-order valence-corrected chi connectivity index (χ3v) is 6.86. The Balaban J connectivity index is 1.71. The van der Waals surface area contributed by atoms with Crippen LogP contribution in [0.4, 0.5) is 11.4 Å². The molecule has 1 fully saturated rings. The van der Waals surface area contributed by atoms with Crippen molar-refractivity contribution in [3.63, 3.8) is 0 Å². The summed E-state index contributed by atoms with van der Waals surface area (Å²) in [6.45, 7) is 3.77. The lowest BCUT2D eigenvalue weighted by Gasteiger charge is -2.27. The van der Waals surface area contributed by atoms with Gasteiger partial charge in [-0.2, -0.15) is 0 Å². The summed E-state index contributed by atoms with van der Waals surface area (Å²) < 4.78 is 27.9. The number of nitrogens with one attached hydrogen (secondary N) is 2. The molecule has 7 nitrogen and oxygen atoms in total. The van der Waals surface area contributed by atoms with E-state index in [-0.39, 0.29) is 10.8 Å². The minimum Gasteiger partial charge on any atom is -0.481 e. The highest BCUT2D eigenvalue weighted by molar-refractivity contribution is 7.92. The van der Waals surface area contributed by atoms with Crippen LogP contribution in [-0.4, -0.2) is 25.4 Å². The molecule has 1 saturated carbocycles. The van der Waals surface area contributed by atoms with Crippen LogP contribution in [0.25, 0.3) is 0 Å². The second-order valence-corrected chi connectivity index (χ2v) is 9.46. The van der Waals surface area contributed by atoms with Crippen molar-refractivity contribution in [1.82, 2.24) is 0 Å². The fraction of sp³-hybridized carbons (Fsp3) is 0.364. The first-order chi connectivity index (χ1) is 14.2. The first-order valence-electron chi connectivity index (χ1n) is 9.91. The minimum absolute atomic E-state index is 0.0709. The Morgan fingerprint density at radius 1 is 0.967 bits per heavy atom. The molecular formula is C22H26N2O5S. The summed E-state index contributed by atoms with van der Waals surface area (Å²) in [7, 11) is -3.77. The van der Waals surface area contributed by atoms with Crippen molar-refractivity contribution >= 4 is 33.3 Å². The van der Waals surface area contributed by atoms with E-state index in [1.54, 1.807) is 6.07 Å². The van der Waals surface area contributed by atoms with Crippen molar-refractivity contribution in [2.75, 3.05) is 10.0 Å². The number of anilines is 2. The van der Waals surface area contributed by atoms with Crippen LogP contribution in [0.2, 0.25) is 0 Å². The Morgan fingerprint density at radius 2 is 1.60 bits per heavy atom. The van der Waals surface area contributed by atoms with Crippen LogP contribution in [-0.2, 0) is 19.6 Å². The van der Waals surface area contributed by atoms with Crippen LogP contribution in [0.3, 0.4) is 0 Å². The van der Waals surface area contributed by atoms with E-state index in [0.29, 0.717) is 24.2 Å². The van der Waals surface area contributed by atoms with Crippen LogP contribution in [0.15, 0.2) is 47.4 Å². The van der Waals surface area contributed by atoms with Gasteiger partial charge in [0.1, 0.15) is 0 Å². The molecule has 0 aliphatic heterocycles. The molecule has 1 aliphatic carbocycles. The number of benzene rings is 2. The summed E-state index contributed by atoms with van der Waals surface area (Å²) in [4.78, 5) is 24.1. The van der Waals surface area contributed by atoms with Gasteiger partial charge in [-0.1, -0.05) is 30.5 Å². The molecule has 0 aromatic heterocycles. The van der Waals surface area contributed by atoms with Gasteiger partial charge in [0.2, 0.25) is 5.91 Å². The molecule has 0 radical (unpaired) electrons. The Hall–Kier alpha value is -2.87. The molecule has 2 aromatic rings. The number of carbonyl (C=O) groups excluding carboxylic acids is 1. The van der Waals surface area contributed by atoms with E-state index in [1.165, 1.54) is 24.3 Å². The molecule has 1 amide bonds. The first-order valence-corrected chi connectivity index (χ1v) is 11.4. The number of rotatable bonds is 6. The van der Waals surface area contributed by atoms with Gasteiger partial charge >= 0.3 is 5.97 Å². The van der Waals surface area contributed by atoms with Crippen molar-refractivity contribution in [2.45, 2.75) is 44.4 Å². The largest absolute Gasteiger partial charge is 0.481 e. The van der Waals surface area contributed by atoms with Crippen molar-refractivity contribution in [3.8, 4) is 0 Å². The molecule has 8 heteroatoms. The van der Waals surface area contributed by atoms with Gasteiger partial charge in [-0.25, -0.2) is 8.42 Å². The SMILES string of the molecule is Cc1ccc(NS(=O)(=O)c2ccc(NC(=O)C3CCCC[C@@H]3C(=O)O)cc2)c(C)c1. The summed E-state index contributed by atoms with van der Waals surface area (Å²) in [6, 6.07) is 11.3. The monoisotopic (exact) mass is 430 g/mol. The minimum atomic E-state index is -3.77. The van der Waals surface area contributed by atoms with Gasteiger partial charge in [0, 0.05) is 5.69 Å². The highest BCUT2D eigenvalue weighted by Gasteiger charge is 2.35. The highest BCUT2D eigenvalue weighted by atomic mass is 32.2. The van der Waals surface area contributed by atoms with Gasteiger partial charge in [0.05, 0.1) is 22.4 Å². The molecule has 0 bridgehead atoms. The predicted molar refractivity (Wildman–Crippen MR) is 115 cm³/mol. The zero-order valence-electron chi connectivity index (χ0n) is 17.0. The number of carboxylic acids is 1. The Morgan fingerprint density at radius 3 is 2.20 bits per heavy atom. The number of hydrogen-bond donors (Lipinski definition) is 3. The number of aliphatic carboxylic acids is 1. The lowest BCUT2D eigenvalue weighted by atomic mass is 9.78. The summed E-state index contributed by atoms with van der Waals surface area (Å²) in [5, 5.41) is 12.1. The van der Waals surface area contributed by atoms with Gasteiger partial charge in [-0.3, -0.25) is 14.3 Å². The second kappa shape index (κ2) is 8.87. The van der Waals surface area contributed by atoms with E-state index >= 15 is 0 Å². The van der Waals surface area contributed by atoms with Crippen molar-refractivity contribution in [3.05, 3.63) is 53.6 Å². The number of amides is 1. The predicted octanol–water partition coefficient (Wildman–Crippen LogP) is 3.93. The molecule has 3 N–H and O–H groups in total. The molecule has 160 valence electrons. The molecule has 3 rings (SSSR count). The lowest BCUT2D eigenvalue weighted by Crippen LogP contribution is -2.36. The number of hydrogen-bond acceptors (Lipinski definition) is 4. The van der Waals surface area contributed by atoms with Crippen LogP contribution >= 0.6 is 0 Å². The summed E-state index contributed by atoms with van der Waals surface area (Å²) in [6.07, 6.45) is 2.66. The Bertz CT molecular complexity index is 1050. The first kappa shape index (κ1) is 21.8. The zero-order valence-corrected chi connectivity index (χ0v) is 17.8. The number of aryl methyl sites for hydroxylation is 2. The van der Waals surface area contributed by atoms with Crippen molar-refractivity contribution in [1.29, 1.82) is 0 Å². The van der Waals surface area contributed by atoms with E-state index in [9.17, 15) is 23.1 Å². The second-order valence-electron chi connectivity index (χ2n) is 7.77. The third kappa shape index (κ3) is 4.99. The van der Waals surface area contributed by atoms with Gasteiger partial charge in [-0.05, 0) is 62.6 Å². The molecule has 0 saturated heterocycles. The summed E-state index contributed by atoms with van der Waals surface area (Å²) >= 11 is 0. The van der Waals surface area contributed by atoms with Crippen molar-refractivity contribution in [2.24, 2.45) is 11.8 Å². The lowest BCUT2D eigenvalue weighted by molar-refractivity contribution is -0.147. The number of sulfonamides is 1. The van der Waals surface area contributed by atoms with E-state index in [0.717, 1.165) is 24.0 Å². The molecule has 2 aromatic carbocycles. The van der Waals surface area contributed by atoms with Gasteiger partial charge in [0.15, 0.2) is 0 Å². The fourth-order valence-electron chi connectivity index (χ4n) is 3.82. The molecule has 0 spiro atoms. The van der Waals surface area contributed by atoms with Crippen molar-refractivity contribution < 1.29 is 23.1 Å². The quantitative estimate of drug-likeness (QED) is 0.643. The van der Waals surface area contributed by atoms with Gasteiger partial charge < -0.3 is 10.4 Å². The standard InChI is InChI=1S/C22H26N2O5S/c1-14-7-12-20(15(2)13-14)24-30(28,29)17-10-8-16(9-11-17)23-21(25)18-5-3-4-6-19(18)22(26)27/h7-13,18-19,24H,3-6H2,1-2H3,(H,23,25)(H,26,27)/t18?,19-/m0/s1.